The van der Waals surface area contributed by atoms with Crippen LogP contribution in [0.25, 0.3) is 0 Å². The lowest BCUT2D eigenvalue weighted by molar-refractivity contribution is -0.427. The van der Waals surface area contributed by atoms with Crippen molar-refractivity contribution >= 4 is 5.97 Å². The number of alkyl halides is 6. The number of ether oxygens (including phenoxy) is 3. The average Bonchev–Trinajstić information content (AvgIpc) is 3.18. The molecule has 10 heteroatoms. The minimum Gasteiger partial charge on any atom is -0.465 e. The molecule has 28 heavy (non-hydrogen) atoms. The first-order chi connectivity index (χ1) is 12.7. The van der Waals surface area contributed by atoms with E-state index < -0.39 is 49.2 Å². The summed E-state index contributed by atoms with van der Waals surface area (Å²) in [7, 11) is 0.953. The van der Waals surface area contributed by atoms with Crippen molar-refractivity contribution in [1.29, 1.82) is 0 Å². The standard InChI is InChI=1S/C18H26F6O4/c1-15(2,26-3)28-16(17(19,20)21,18(22,23)24)7-4-8-27-14(25)13-10-11-5-6-12(13)9-11/h11-13H,4-10H2,1-3H3. The van der Waals surface area contributed by atoms with Crippen molar-refractivity contribution in [2.45, 2.75) is 76.1 Å². The van der Waals surface area contributed by atoms with E-state index in [4.69, 9.17) is 4.74 Å². The summed E-state index contributed by atoms with van der Waals surface area (Å²) >= 11 is 0. The summed E-state index contributed by atoms with van der Waals surface area (Å²) in [4.78, 5) is 12.1. The highest BCUT2D eigenvalue weighted by molar-refractivity contribution is 5.73. The third-order valence-electron chi connectivity index (χ3n) is 5.79. The monoisotopic (exact) mass is 420 g/mol. The number of methoxy groups -OCH3 is 1. The number of hydrogen-bond acceptors (Lipinski definition) is 4. The number of halogens is 6. The van der Waals surface area contributed by atoms with Crippen molar-refractivity contribution in [2.75, 3.05) is 13.7 Å². The highest BCUT2D eigenvalue weighted by atomic mass is 19.4. The maximum atomic E-state index is 13.5. The van der Waals surface area contributed by atoms with Gasteiger partial charge in [-0.1, -0.05) is 6.42 Å². The van der Waals surface area contributed by atoms with E-state index in [1.54, 1.807) is 0 Å². The van der Waals surface area contributed by atoms with E-state index in [-0.39, 0.29) is 11.8 Å². The van der Waals surface area contributed by atoms with Gasteiger partial charge in [0.05, 0.1) is 12.5 Å². The predicted molar refractivity (Wildman–Crippen MR) is 86.1 cm³/mol. The topological polar surface area (TPSA) is 44.8 Å². The van der Waals surface area contributed by atoms with Gasteiger partial charge in [-0.2, -0.15) is 26.3 Å². The zero-order valence-electron chi connectivity index (χ0n) is 16.1. The van der Waals surface area contributed by atoms with Gasteiger partial charge in [0.15, 0.2) is 5.79 Å². The molecule has 3 atom stereocenters. The maximum Gasteiger partial charge on any atom is 0.426 e. The number of hydrogen-bond donors (Lipinski definition) is 0. The molecule has 0 aliphatic heterocycles. The van der Waals surface area contributed by atoms with Gasteiger partial charge in [0, 0.05) is 7.11 Å². The van der Waals surface area contributed by atoms with Gasteiger partial charge in [0.1, 0.15) is 0 Å². The largest absolute Gasteiger partial charge is 0.465 e. The van der Waals surface area contributed by atoms with Crippen LogP contribution in [0.1, 0.15) is 52.4 Å². The van der Waals surface area contributed by atoms with E-state index in [1.807, 2.05) is 0 Å². The van der Waals surface area contributed by atoms with Crippen LogP contribution in [0, 0.1) is 17.8 Å². The van der Waals surface area contributed by atoms with Gasteiger partial charge in [0.25, 0.3) is 5.60 Å². The number of fused-ring (bicyclic) bond motifs is 2. The van der Waals surface area contributed by atoms with Crippen molar-refractivity contribution < 1.29 is 45.3 Å². The van der Waals surface area contributed by atoms with Crippen LogP contribution in [0.15, 0.2) is 0 Å². The molecule has 2 saturated carbocycles. The Balaban J connectivity index is 2.01. The third-order valence-corrected chi connectivity index (χ3v) is 5.79. The van der Waals surface area contributed by atoms with Crippen LogP contribution >= 0.6 is 0 Å². The fourth-order valence-corrected chi connectivity index (χ4v) is 4.21. The van der Waals surface area contributed by atoms with Gasteiger partial charge in [-0.25, -0.2) is 0 Å². The zero-order chi connectivity index (χ0) is 21.4. The second kappa shape index (κ2) is 8.01. The first kappa shape index (κ1) is 23.3. The van der Waals surface area contributed by atoms with Gasteiger partial charge in [0.2, 0.25) is 0 Å². The maximum absolute atomic E-state index is 13.5. The molecular formula is C18H26F6O4. The van der Waals surface area contributed by atoms with Crippen LogP contribution in [0.3, 0.4) is 0 Å². The first-order valence-electron chi connectivity index (χ1n) is 9.28. The van der Waals surface area contributed by atoms with E-state index in [0.717, 1.165) is 40.2 Å². The second-order valence-corrected chi connectivity index (χ2v) is 8.08. The number of carbonyl (C=O) groups is 1. The van der Waals surface area contributed by atoms with Gasteiger partial charge in [-0.3, -0.25) is 4.79 Å². The van der Waals surface area contributed by atoms with Crippen molar-refractivity contribution in [3.63, 3.8) is 0 Å². The Hall–Kier alpha value is -1.03. The Morgan fingerprint density at radius 3 is 2.04 bits per heavy atom. The molecule has 0 heterocycles. The third kappa shape index (κ3) is 4.75. The van der Waals surface area contributed by atoms with Crippen molar-refractivity contribution in [3.8, 4) is 0 Å². The van der Waals surface area contributed by atoms with Crippen LogP contribution in [-0.2, 0) is 19.0 Å². The Kier molecular flexibility index (Phi) is 6.65. The van der Waals surface area contributed by atoms with E-state index in [2.05, 4.69) is 9.47 Å². The van der Waals surface area contributed by atoms with E-state index in [1.165, 1.54) is 0 Å². The first-order valence-corrected chi connectivity index (χ1v) is 9.28. The normalized spacial score (nSPS) is 26.0. The van der Waals surface area contributed by atoms with Gasteiger partial charge < -0.3 is 14.2 Å². The summed E-state index contributed by atoms with van der Waals surface area (Å²) in [6.07, 6.45) is -9.95. The molecule has 2 aliphatic carbocycles. The smallest absolute Gasteiger partial charge is 0.426 e. The van der Waals surface area contributed by atoms with Crippen molar-refractivity contribution in [1.82, 2.24) is 0 Å². The van der Waals surface area contributed by atoms with Crippen molar-refractivity contribution in [3.05, 3.63) is 0 Å². The number of carbonyl (C=O) groups excluding carboxylic acids is 1. The average molecular weight is 420 g/mol. The fourth-order valence-electron chi connectivity index (χ4n) is 4.21. The molecule has 2 rings (SSSR count). The lowest BCUT2D eigenvalue weighted by atomic mass is 9.89. The number of rotatable bonds is 8. The molecule has 2 bridgehead atoms. The fraction of sp³-hybridized carbons (Fsp3) is 0.944. The molecule has 3 unspecified atom stereocenters. The molecule has 0 amide bonds. The zero-order valence-corrected chi connectivity index (χ0v) is 16.1. The minimum absolute atomic E-state index is 0.216. The summed E-state index contributed by atoms with van der Waals surface area (Å²) in [5.41, 5.74) is -4.42. The summed E-state index contributed by atoms with van der Waals surface area (Å²) in [5, 5.41) is 0. The molecule has 0 aromatic rings. The van der Waals surface area contributed by atoms with Crippen LogP contribution in [0.2, 0.25) is 0 Å². The summed E-state index contributed by atoms with van der Waals surface area (Å²) in [5.74, 6) is -2.26. The SMILES string of the molecule is COC(C)(C)OC(CCCOC(=O)C1CC2CCC1C2)(C(F)(F)F)C(F)(F)F. The van der Waals surface area contributed by atoms with E-state index >= 15 is 0 Å². The van der Waals surface area contributed by atoms with Crippen LogP contribution in [-0.4, -0.2) is 43.4 Å². The van der Waals surface area contributed by atoms with Gasteiger partial charge >= 0.3 is 18.3 Å². The highest BCUT2D eigenvalue weighted by Gasteiger charge is 2.73. The lowest BCUT2D eigenvalue weighted by Gasteiger charge is -2.42. The minimum atomic E-state index is -5.73. The Bertz CT molecular complexity index is 543. The lowest BCUT2D eigenvalue weighted by Crippen LogP contribution is -2.62. The predicted octanol–water partition coefficient (Wildman–Crippen LogP) is 5.01. The molecule has 2 aliphatic rings. The molecule has 0 radical (unpaired) electrons. The molecule has 4 nitrogen and oxygen atoms in total. The molecule has 0 aromatic heterocycles. The van der Waals surface area contributed by atoms with Gasteiger partial charge in [-0.05, 0) is 57.8 Å². The molecule has 2 fully saturated rings. The van der Waals surface area contributed by atoms with Crippen LogP contribution < -0.4 is 0 Å². The molecule has 0 N–H and O–H groups in total. The second-order valence-electron chi connectivity index (χ2n) is 8.08. The summed E-state index contributed by atoms with van der Waals surface area (Å²) < 4.78 is 94.8. The highest BCUT2D eigenvalue weighted by Crippen LogP contribution is 2.51. The Morgan fingerprint density at radius 1 is 1.00 bits per heavy atom. The quantitative estimate of drug-likeness (QED) is 0.240. The Labute approximate surface area is 159 Å². The number of esters is 1. The van der Waals surface area contributed by atoms with E-state index in [9.17, 15) is 31.1 Å². The molecule has 164 valence electrons. The van der Waals surface area contributed by atoms with Crippen molar-refractivity contribution in [2.24, 2.45) is 17.8 Å². The van der Waals surface area contributed by atoms with Crippen LogP contribution in [0.5, 0.6) is 0 Å². The molecule has 0 saturated heterocycles. The van der Waals surface area contributed by atoms with E-state index in [0.29, 0.717) is 12.3 Å². The molecule has 0 spiro atoms. The van der Waals surface area contributed by atoms with Crippen LogP contribution in [0.4, 0.5) is 26.3 Å². The summed E-state index contributed by atoms with van der Waals surface area (Å²) in [6, 6.07) is 0. The molecule has 0 aromatic carbocycles. The summed E-state index contributed by atoms with van der Waals surface area (Å²) in [6.45, 7) is 1.40. The molecular weight excluding hydrogens is 394 g/mol. The Morgan fingerprint density at radius 2 is 1.61 bits per heavy atom. The van der Waals surface area contributed by atoms with Gasteiger partial charge in [-0.15, -0.1) is 0 Å².